The summed E-state index contributed by atoms with van der Waals surface area (Å²) >= 11 is 0. The second-order valence-electron chi connectivity index (χ2n) is 5.64. The van der Waals surface area contributed by atoms with E-state index >= 15 is 0 Å². The Hall–Kier alpha value is -1.85. The Bertz CT molecular complexity index is 470. The molecule has 110 valence electrons. The van der Waals surface area contributed by atoms with Crippen LogP contribution in [0.5, 0.6) is 0 Å². The standard InChI is InChI=1S/C14H22N4O2/c1-18(2)13-15-9-6-11(17-13)16-10-14(12(19)20)7-4-3-5-8-14/h6,9H,3-5,7-8,10H2,1-2H3,(H,19,20)(H,15,16,17). The molecule has 1 fully saturated rings. The van der Waals surface area contributed by atoms with E-state index in [4.69, 9.17) is 0 Å². The van der Waals surface area contributed by atoms with E-state index in [2.05, 4.69) is 15.3 Å². The average Bonchev–Trinajstić information content (AvgIpc) is 2.46. The Kier molecular flexibility index (Phi) is 4.42. The van der Waals surface area contributed by atoms with Crippen molar-refractivity contribution >= 4 is 17.7 Å². The van der Waals surface area contributed by atoms with Crippen molar-refractivity contribution in [3.63, 3.8) is 0 Å². The lowest BCUT2D eigenvalue weighted by molar-refractivity contribution is -0.150. The highest BCUT2D eigenvalue weighted by molar-refractivity contribution is 5.75. The molecule has 20 heavy (non-hydrogen) atoms. The number of carboxylic acid groups (broad SMARTS) is 1. The van der Waals surface area contributed by atoms with Crippen molar-refractivity contribution in [3.05, 3.63) is 12.3 Å². The zero-order valence-electron chi connectivity index (χ0n) is 12.1. The van der Waals surface area contributed by atoms with Crippen LogP contribution in [0.15, 0.2) is 12.3 Å². The van der Waals surface area contributed by atoms with Gasteiger partial charge >= 0.3 is 5.97 Å². The first-order valence-electron chi connectivity index (χ1n) is 7.01. The van der Waals surface area contributed by atoms with Crippen LogP contribution < -0.4 is 10.2 Å². The van der Waals surface area contributed by atoms with E-state index in [1.54, 1.807) is 12.3 Å². The van der Waals surface area contributed by atoms with Gasteiger partial charge in [0.05, 0.1) is 5.41 Å². The van der Waals surface area contributed by atoms with Crippen molar-refractivity contribution in [1.29, 1.82) is 0 Å². The van der Waals surface area contributed by atoms with E-state index in [9.17, 15) is 9.90 Å². The molecule has 0 atom stereocenters. The van der Waals surface area contributed by atoms with Crippen LogP contribution in [0.1, 0.15) is 32.1 Å². The summed E-state index contributed by atoms with van der Waals surface area (Å²) in [5.74, 6) is 0.588. The van der Waals surface area contributed by atoms with Gasteiger partial charge < -0.3 is 15.3 Å². The molecule has 1 heterocycles. The first-order chi connectivity index (χ1) is 9.53. The first kappa shape index (κ1) is 14.6. The molecule has 0 radical (unpaired) electrons. The third-order valence-electron chi connectivity index (χ3n) is 3.92. The summed E-state index contributed by atoms with van der Waals surface area (Å²) in [6.45, 7) is 0.423. The van der Waals surface area contributed by atoms with Gasteiger partial charge in [0.15, 0.2) is 0 Å². The second-order valence-corrected chi connectivity index (χ2v) is 5.64. The molecule has 1 saturated carbocycles. The van der Waals surface area contributed by atoms with Gasteiger partial charge in [-0.1, -0.05) is 19.3 Å². The molecule has 0 bridgehead atoms. The van der Waals surface area contributed by atoms with Crippen LogP contribution >= 0.6 is 0 Å². The second kappa shape index (κ2) is 6.07. The predicted molar refractivity (Wildman–Crippen MR) is 78.0 cm³/mol. The molecule has 0 spiro atoms. The van der Waals surface area contributed by atoms with Crippen LogP contribution in [0.3, 0.4) is 0 Å². The largest absolute Gasteiger partial charge is 0.481 e. The highest BCUT2D eigenvalue weighted by atomic mass is 16.4. The van der Waals surface area contributed by atoms with Gasteiger partial charge in [0.25, 0.3) is 0 Å². The van der Waals surface area contributed by atoms with Crippen LogP contribution in [0.4, 0.5) is 11.8 Å². The number of aliphatic carboxylic acids is 1. The van der Waals surface area contributed by atoms with Crippen LogP contribution in [0.2, 0.25) is 0 Å². The predicted octanol–water partition coefficient (Wildman–Crippen LogP) is 1.99. The number of hydrogen-bond donors (Lipinski definition) is 2. The summed E-state index contributed by atoms with van der Waals surface area (Å²) in [6, 6.07) is 1.77. The van der Waals surface area contributed by atoms with E-state index in [0.29, 0.717) is 18.3 Å². The topological polar surface area (TPSA) is 78.4 Å². The van der Waals surface area contributed by atoms with Crippen molar-refractivity contribution in [2.45, 2.75) is 32.1 Å². The molecular weight excluding hydrogens is 256 g/mol. The molecule has 2 rings (SSSR count). The zero-order valence-corrected chi connectivity index (χ0v) is 12.1. The lowest BCUT2D eigenvalue weighted by Gasteiger charge is -2.33. The summed E-state index contributed by atoms with van der Waals surface area (Å²) in [4.78, 5) is 21.9. The number of rotatable bonds is 5. The fraction of sp³-hybridized carbons (Fsp3) is 0.643. The van der Waals surface area contributed by atoms with Gasteiger partial charge in [-0.3, -0.25) is 4.79 Å². The van der Waals surface area contributed by atoms with Crippen LogP contribution in [0, 0.1) is 5.41 Å². The number of carbonyl (C=O) groups is 1. The number of hydrogen-bond acceptors (Lipinski definition) is 5. The van der Waals surface area contributed by atoms with Crippen LogP contribution in [-0.4, -0.2) is 41.7 Å². The van der Waals surface area contributed by atoms with Crippen LogP contribution in [-0.2, 0) is 4.79 Å². The van der Waals surface area contributed by atoms with Gasteiger partial charge in [0.2, 0.25) is 5.95 Å². The monoisotopic (exact) mass is 278 g/mol. The maximum atomic E-state index is 11.6. The molecule has 0 saturated heterocycles. The van der Waals surface area contributed by atoms with Crippen molar-refractivity contribution in [2.75, 3.05) is 30.9 Å². The van der Waals surface area contributed by atoms with Gasteiger partial charge in [0.1, 0.15) is 5.82 Å². The molecule has 1 aliphatic rings. The minimum absolute atomic E-state index is 0.423. The van der Waals surface area contributed by atoms with Gasteiger partial charge in [0, 0.05) is 26.8 Å². The van der Waals surface area contributed by atoms with Crippen molar-refractivity contribution in [3.8, 4) is 0 Å². The first-order valence-corrected chi connectivity index (χ1v) is 7.01. The fourth-order valence-corrected chi connectivity index (χ4v) is 2.62. The molecular formula is C14H22N4O2. The number of anilines is 2. The lowest BCUT2D eigenvalue weighted by Crippen LogP contribution is -2.39. The Morgan fingerprint density at radius 2 is 2.10 bits per heavy atom. The SMILES string of the molecule is CN(C)c1nccc(NCC2(C(=O)O)CCCCC2)n1. The third-order valence-corrected chi connectivity index (χ3v) is 3.92. The molecule has 2 N–H and O–H groups in total. The van der Waals surface area contributed by atoms with Crippen molar-refractivity contribution in [2.24, 2.45) is 5.41 Å². The van der Waals surface area contributed by atoms with E-state index < -0.39 is 11.4 Å². The molecule has 0 aliphatic heterocycles. The molecule has 0 aromatic carbocycles. The van der Waals surface area contributed by atoms with Gasteiger partial charge in [-0.2, -0.15) is 4.98 Å². The molecule has 1 aromatic rings. The Morgan fingerprint density at radius 1 is 1.40 bits per heavy atom. The maximum absolute atomic E-state index is 11.6. The Labute approximate surface area is 119 Å². The quantitative estimate of drug-likeness (QED) is 0.857. The van der Waals surface area contributed by atoms with E-state index in [1.807, 2.05) is 19.0 Å². The minimum atomic E-state index is -0.702. The van der Waals surface area contributed by atoms with Crippen molar-refractivity contribution < 1.29 is 9.90 Å². The van der Waals surface area contributed by atoms with E-state index in [-0.39, 0.29) is 0 Å². The molecule has 6 heteroatoms. The highest BCUT2D eigenvalue weighted by Gasteiger charge is 2.39. The normalized spacial score (nSPS) is 17.5. The summed E-state index contributed by atoms with van der Waals surface area (Å²) in [5, 5.41) is 12.7. The molecule has 0 unspecified atom stereocenters. The lowest BCUT2D eigenvalue weighted by atomic mass is 9.74. The van der Waals surface area contributed by atoms with E-state index in [0.717, 1.165) is 32.1 Å². The minimum Gasteiger partial charge on any atom is -0.481 e. The average molecular weight is 278 g/mol. The zero-order chi connectivity index (χ0) is 14.6. The number of aromatic nitrogens is 2. The Balaban J connectivity index is 2.06. The summed E-state index contributed by atoms with van der Waals surface area (Å²) in [6.07, 6.45) is 6.26. The number of carboxylic acids is 1. The summed E-state index contributed by atoms with van der Waals surface area (Å²) in [7, 11) is 3.75. The number of nitrogens with zero attached hydrogens (tertiary/aromatic N) is 3. The smallest absolute Gasteiger partial charge is 0.311 e. The van der Waals surface area contributed by atoms with Gasteiger partial charge in [-0.05, 0) is 18.9 Å². The molecule has 1 aliphatic carbocycles. The summed E-state index contributed by atoms with van der Waals surface area (Å²) < 4.78 is 0. The highest BCUT2D eigenvalue weighted by Crippen LogP contribution is 2.36. The molecule has 1 aromatic heterocycles. The number of nitrogens with one attached hydrogen (secondary N) is 1. The van der Waals surface area contributed by atoms with Crippen LogP contribution in [0.25, 0.3) is 0 Å². The van der Waals surface area contributed by atoms with Crippen molar-refractivity contribution in [1.82, 2.24) is 9.97 Å². The third kappa shape index (κ3) is 3.18. The molecule has 6 nitrogen and oxygen atoms in total. The maximum Gasteiger partial charge on any atom is 0.311 e. The molecule has 0 amide bonds. The fourth-order valence-electron chi connectivity index (χ4n) is 2.62. The van der Waals surface area contributed by atoms with E-state index in [1.165, 1.54) is 0 Å². The van der Waals surface area contributed by atoms with Gasteiger partial charge in [-0.15, -0.1) is 0 Å². The summed E-state index contributed by atoms with van der Waals surface area (Å²) in [5.41, 5.74) is -0.651. The Morgan fingerprint density at radius 3 is 2.70 bits per heavy atom. The van der Waals surface area contributed by atoms with Gasteiger partial charge in [-0.25, -0.2) is 4.98 Å².